The maximum absolute atomic E-state index is 12.7. The van der Waals surface area contributed by atoms with Crippen molar-refractivity contribution in [3.63, 3.8) is 0 Å². The van der Waals surface area contributed by atoms with Gasteiger partial charge in [0, 0.05) is 33.2 Å². The Balaban J connectivity index is 1.80. The zero-order chi connectivity index (χ0) is 15.1. The van der Waals surface area contributed by atoms with Crippen LogP contribution in [0.5, 0.6) is 0 Å². The van der Waals surface area contributed by atoms with Crippen molar-refractivity contribution in [2.24, 2.45) is 7.05 Å². The molecule has 2 aliphatic rings. The third-order valence-electron chi connectivity index (χ3n) is 4.22. The van der Waals surface area contributed by atoms with Crippen LogP contribution in [-0.2, 0) is 13.5 Å². The fourth-order valence-electron chi connectivity index (χ4n) is 3.05. The quantitative estimate of drug-likeness (QED) is 0.762. The van der Waals surface area contributed by atoms with Crippen molar-refractivity contribution in [2.45, 2.75) is 19.4 Å². The molecule has 0 bridgehead atoms. The Morgan fingerprint density at radius 3 is 2.90 bits per heavy atom. The molecule has 0 radical (unpaired) electrons. The summed E-state index contributed by atoms with van der Waals surface area (Å²) in [6.07, 6.45) is 0.696. The molecule has 1 aromatic rings. The first kappa shape index (κ1) is 13.7. The second kappa shape index (κ2) is 4.94. The van der Waals surface area contributed by atoms with Gasteiger partial charge in [0.25, 0.3) is 5.91 Å². The second-order valence-corrected chi connectivity index (χ2v) is 5.47. The van der Waals surface area contributed by atoms with E-state index >= 15 is 0 Å². The maximum atomic E-state index is 12.7. The third-order valence-corrected chi connectivity index (χ3v) is 4.22. The molecule has 3 rings (SSSR count). The zero-order valence-corrected chi connectivity index (χ0v) is 12.3. The number of fused-ring (bicyclic) bond motifs is 1. The summed E-state index contributed by atoms with van der Waals surface area (Å²) in [5.41, 5.74) is 7.70. The number of nitrogens with zero attached hydrogens (tertiary/aromatic N) is 4. The van der Waals surface area contributed by atoms with E-state index in [9.17, 15) is 9.59 Å². The highest BCUT2D eigenvalue weighted by Gasteiger charge is 2.38. The molecule has 3 amide bonds. The Morgan fingerprint density at radius 2 is 2.24 bits per heavy atom. The molecule has 2 saturated heterocycles. The second-order valence-electron chi connectivity index (χ2n) is 5.47. The van der Waals surface area contributed by atoms with Gasteiger partial charge < -0.3 is 20.9 Å². The Labute approximate surface area is 122 Å². The lowest BCUT2D eigenvalue weighted by Crippen LogP contribution is -2.54. The summed E-state index contributed by atoms with van der Waals surface area (Å²) in [4.78, 5) is 27.8. The van der Waals surface area contributed by atoms with Crippen LogP contribution in [0.4, 0.5) is 10.5 Å². The molecular formula is C13H20N6O2. The van der Waals surface area contributed by atoms with Crippen LogP contribution in [0.15, 0.2) is 0 Å². The number of nitrogen functional groups attached to an aromatic ring is 1. The van der Waals surface area contributed by atoms with Crippen LogP contribution in [0.25, 0.3) is 0 Å². The number of rotatable bonds is 2. The summed E-state index contributed by atoms with van der Waals surface area (Å²) in [7, 11) is 1.74. The van der Waals surface area contributed by atoms with Crippen LogP contribution in [0, 0.1) is 0 Å². The molecule has 114 valence electrons. The molecule has 21 heavy (non-hydrogen) atoms. The Hall–Kier alpha value is -2.25. The van der Waals surface area contributed by atoms with E-state index in [1.807, 2.05) is 6.92 Å². The number of piperazine rings is 1. The smallest absolute Gasteiger partial charge is 0.317 e. The first-order chi connectivity index (χ1) is 10.0. The van der Waals surface area contributed by atoms with Gasteiger partial charge in [-0.3, -0.25) is 9.48 Å². The predicted molar refractivity (Wildman–Crippen MR) is 76.8 cm³/mol. The monoisotopic (exact) mass is 292 g/mol. The van der Waals surface area contributed by atoms with Crippen molar-refractivity contribution < 1.29 is 9.59 Å². The number of hydrogen-bond acceptors (Lipinski definition) is 4. The molecule has 1 unspecified atom stereocenters. The highest BCUT2D eigenvalue weighted by molar-refractivity contribution is 5.98. The highest BCUT2D eigenvalue weighted by atomic mass is 16.2. The van der Waals surface area contributed by atoms with E-state index in [0.29, 0.717) is 44.0 Å². The van der Waals surface area contributed by atoms with Gasteiger partial charge >= 0.3 is 6.03 Å². The summed E-state index contributed by atoms with van der Waals surface area (Å²) in [5.74, 6) is -0.110. The van der Waals surface area contributed by atoms with E-state index < -0.39 is 0 Å². The minimum Gasteiger partial charge on any atom is -0.395 e. The standard InChI is InChI=1S/C13H20N6O2/c1-3-9-10(14)11(17(2)16-9)12(20)18-4-5-19-8(7-18)6-15-13(19)21/h8H,3-7,14H2,1-2H3,(H,15,21). The first-order valence-corrected chi connectivity index (χ1v) is 7.18. The van der Waals surface area contributed by atoms with E-state index in [-0.39, 0.29) is 18.0 Å². The van der Waals surface area contributed by atoms with Gasteiger partial charge in [0.2, 0.25) is 0 Å². The molecule has 3 heterocycles. The third kappa shape index (κ3) is 2.10. The number of amides is 3. The number of nitrogens with one attached hydrogen (secondary N) is 1. The number of aromatic nitrogens is 2. The molecule has 2 fully saturated rings. The number of carbonyl (C=O) groups is 2. The summed E-state index contributed by atoms with van der Waals surface area (Å²) in [5, 5.41) is 7.09. The summed E-state index contributed by atoms with van der Waals surface area (Å²) < 4.78 is 1.56. The Bertz CT molecular complexity index is 596. The molecule has 1 aromatic heterocycles. The SMILES string of the molecule is CCc1nn(C)c(C(=O)N2CCN3C(=O)NCC3C2)c1N. The molecule has 0 aromatic carbocycles. The van der Waals surface area contributed by atoms with Crippen molar-refractivity contribution in [1.29, 1.82) is 0 Å². The van der Waals surface area contributed by atoms with Crippen molar-refractivity contribution in [2.75, 3.05) is 31.9 Å². The van der Waals surface area contributed by atoms with Crippen LogP contribution in [0.1, 0.15) is 23.1 Å². The van der Waals surface area contributed by atoms with Crippen LogP contribution in [0.3, 0.4) is 0 Å². The average molecular weight is 292 g/mol. The topological polar surface area (TPSA) is 96.5 Å². The van der Waals surface area contributed by atoms with Crippen LogP contribution in [0.2, 0.25) is 0 Å². The van der Waals surface area contributed by atoms with Gasteiger partial charge in [-0.25, -0.2) is 4.79 Å². The normalized spacial score (nSPS) is 21.4. The van der Waals surface area contributed by atoms with E-state index in [1.165, 1.54) is 0 Å². The van der Waals surface area contributed by atoms with Gasteiger partial charge in [-0.1, -0.05) is 6.92 Å². The van der Waals surface area contributed by atoms with Crippen LogP contribution in [-0.4, -0.2) is 63.7 Å². The van der Waals surface area contributed by atoms with E-state index in [1.54, 1.807) is 21.5 Å². The summed E-state index contributed by atoms with van der Waals surface area (Å²) in [6, 6.07) is 0.00992. The van der Waals surface area contributed by atoms with Gasteiger partial charge in [-0.15, -0.1) is 0 Å². The van der Waals surface area contributed by atoms with Gasteiger partial charge in [0.1, 0.15) is 5.69 Å². The van der Waals surface area contributed by atoms with E-state index in [2.05, 4.69) is 10.4 Å². The van der Waals surface area contributed by atoms with Gasteiger partial charge in [-0.05, 0) is 6.42 Å². The number of carbonyl (C=O) groups excluding carboxylic acids is 2. The number of nitrogens with two attached hydrogens (primary N) is 1. The zero-order valence-electron chi connectivity index (χ0n) is 12.3. The van der Waals surface area contributed by atoms with Crippen LogP contribution >= 0.6 is 0 Å². The summed E-state index contributed by atoms with van der Waals surface area (Å²) >= 11 is 0. The average Bonchev–Trinajstić information content (AvgIpc) is 2.98. The number of anilines is 1. The lowest BCUT2D eigenvalue weighted by molar-refractivity contribution is 0.0607. The van der Waals surface area contributed by atoms with Crippen molar-refractivity contribution in [3.8, 4) is 0 Å². The number of aryl methyl sites for hydroxylation is 2. The minimum absolute atomic E-state index is 0.0413. The lowest BCUT2D eigenvalue weighted by Gasteiger charge is -2.36. The Morgan fingerprint density at radius 1 is 1.48 bits per heavy atom. The fourth-order valence-corrected chi connectivity index (χ4v) is 3.05. The van der Waals surface area contributed by atoms with E-state index in [4.69, 9.17) is 5.73 Å². The fraction of sp³-hybridized carbons (Fsp3) is 0.615. The van der Waals surface area contributed by atoms with Gasteiger partial charge in [-0.2, -0.15) is 5.10 Å². The molecule has 0 aliphatic carbocycles. The lowest BCUT2D eigenvalue weighted by atomic mass is 10.1. The number of hydrogen-bond donors (Lipinski definition) is 2. The molecule has 8 heteroatoms. The summed E-state index contributed by atoms with van der Waals surface area (Å²) in [6.45, 7) is 4.16. The molecular weight excluding hydrogens is 272 g/mol. The van der Waals surface area contributed by atoms with Crippen LogP contribution < -0.4 is 11.1 Å². The largest absolute Gasteiger partial charge is 0.395 e. The van der Waals surface area contributed by atoms with Gasteiger partial charge in [0.05, 0.1) is 17.4 Å². The minimum atomic E-state index is -0.110. The number of urea groups is 1. The Kier molecular flexibility index (Phi) is 3.23. The van der Waals surface area contributed by atoms with Gasteiger partial charge in [0.15, 0.2) is 0 Å². The molecule has 0 spiro atoms. The first-order valence-electron chi connectivity index (χ1n) is 7.18. The molecule has 2 aliphatic heterocycles. The molecule has 0 saturated carbocycles. The predicted octanol–water partition coefficient (Wildman–Crippen LogP) is -0.586. The van der Waals surface area contributed by atoms with Crippen molar-refractivity contribution in [3.05, 3.63) is 11.4 Å². The highest BCUT2D eigenvalue weighted by Crippen LogP contribution is 2.21. The van der Waals surface area contributed by atoms with Crippen molar-refractivity contribution in [1.82, 2.24) is 24.9 Å². The molecule has 8 nitrogen and oxygen atoms in total. The van der Waals surface area contributed by atoms with E-state index in [0.717, 1.165) is 5.69 Å². The van der Waals surface area contributed by atoms with Crippen molar-refractivity contribution >= 4 is 17.6 Å². The molecule has 3 N–H and O–H groups in total. The maximum Gasteiger partial charge on any atom is 0.317 e. The molecule has 1 atom stereocenters.